The second-order valence-corrected chi connectivity index (χ2v) is 11.4. The molecule has 1 spiro atoms. The van der Waals surface area contributed by atoms with E-state index in [9.17, 15) is 10.1 Å². The molecular formula is C26H29N5O2S. The molecule has 1 N–H and O–H groups in total. The maximum absolute atomic E-state index is 11.1. The van der Waals surface area contributed by atoms with E-state index in [1.807, 2.05) is 19.9 Å². The van der Waals surface area contributed by atoms with Gasteiger partial charge in [0.1, 0.15) is 17.0 Å². The largest absolute Gasteiger partial charge is 0.481 e. The van der Waals surface area contributed by atoms with Crippen LogP contribution in [0.2, 0.25) is 0 Å². The van der Waals surface area contributed by atoms with Gasteiger partial charge in [0, 0.05) is 36.5 Å². The highest BCUT2D eigenvalue weighted by atomic mass is 32.1. The fourth-order valence-electron chi connectivity index (χ4n) is 5.34. The first kappa shape index (κ1) is 22.8. The Hall–Kier alpha value is -3.02. The molecule has 0 bridgehead atoms. The van der Waals surface area contributed by atoms with Crippen LogP contribution < -0.4 is 4.90 Å². The molecule has 0 radical (unpaired) electrons. The average molecular weight is 476 g/mol. The van der Waals surface area contributed by atoms with Gasteiger partial charge in [-0.15, -0.1) is 11.3 Å². The van der Waals surface area contributed by atoms with Gasteiger partial charge in [-0.25, -0.2) is 9.97 Å². The van der Waals surface area contributed by atoms with Crippen LogP contribution in [-0.2, 0) is 23.2 Å². The van der Waals surface area contributed by atoms with Crippen molar-refractivity contribution < 1.29 is 9.90 Å². The number of benzene rings is 1. The molecule has 2 saturated heterocycles. The lowest BCUT2D eigenvalue weighted by Gasteiger charge is -2.25. The summed E-state index contributed by atoms with van der Waals surface area (Å²) in [6, 6.07) is 12.8. The van der Waals surface area contributed by atoms with Gasteiger partial charge in [-0.2, -0.15) is 5.26 Å². The Morgan fingerprint density at radius 1 is 1.21 bits per heavy atom. The molecule has 4 heterocycles. The second-order valence-electron chi connectivity index (χ2n) is 10.3. The van der Waals surface area contributed by atoms with Gasteiger partial charge in [0.05, 0.1) is 23.3 Å². The normalized spacial score (nSPS) is 20.9. The zero-order chi connectivity index (χ0) is 23.9. The van der Waals surface area contributed by atoms with Crippen LogP contribution in [0.25, 0.3) is 10.2 Å². The van der Waals surface area contributed by atoms with Crippen LogP contribution >= 0.6 is 11.3 Å². The van der Waals surface area contributed by atoms with Crippen LogP contribution in [0.4, 0.5) is 5.82 Å². The molecule has 5 rings (SSSR count). The number of carboxylic acid groups (broad SMARTS) is 1. The number of fused-ring (bicyclic) bond motifs is 1. The van der Waals surface area contributed by atoms with Crippen molar-refractivity contribution in [2.45, 2.75) is 45.1 Å². The van der Waals surface area contributed by atoms with E-state index < -0.39 is 11.4 Å². The lowest BCUT2D eigenvalue weighted by Crippen LogP contribution is -2.31. The Morgan fingerprint density at radius 3 is 2.71 bits per heavy atom. The molecule has 2 aliphatic rings. The zero-order valence-electron chi connectivity index (χ0n) is 19.6. The van der Waals surface area contributed by atoms with E-state index in [0.29, 0.717) is 0 Å². The maximum Gasteiger partial charge on any atom is 0.308 e. The summed E-state index contributed by atoms with van der Waals surface area (Å²) in [5, 5.41) is 19.5. The van der Waals surface area contributed by atoms with Crippen molar-refractivity contribution in [3.05, 3.63) is 52.7 Å². The van der Waals surface area contributed by atoms with Gasteiger partial charge in [-0.1, -0.05) is 24.3 Å². The number of thiophene rings is 1. The highest BCUT2D eigenvalue weighted by Gasteiger charge is 2.44. The van der Waals surface area contributed by atoms with Crippen LogP contribution in [-0.4, -0.2) is 52.1 Å². The first-order chi connectivity index (χ1) is 16.3. The first-order valence-corrected chi connectivity index (χ1v) is 12.5. The number of hydrogen-bond acceptors (Lipinski definition) is 7. The minimum atomic E-state index is -0.823. The third-order valence-electron chi connectivity index (χ3n) is 7.30. The Morgan fingerprint density at radius 2 is 1.97 bits per heavy atom. The van der Waals surface area contributed by atoms with Crippen molar-refractivity contribution in [3.63, 3.8) is 0 Å². The summed E-state index contributed by atoms with van der Waals surface area (Å²) >= 11 is 1.44. The molecule has 3 aromatic rings. The Balaban J connectivity index is 1.26. The molecule has 2 fully saturated rings. The number of carboxylic acids is 1. The van der Waals surface area contributed by atoms with Crippen LogP contribution in [0.15, 0.2) is 36.7 Å². The Kier molecular flexibility index (Phi) is 5.78. The summed E-state index contributed by atoms with van der Waals surface area (Å²) in [6.45, 7) is 8.91. The van der Waals surface area contributed by atoms with E-state index in [4.69, 9.17) is 5.11 Å². The summed E-state index contributed by atoms with van der Waals surface area (Å²) in [5.41, 5.74) is 2.14. The molecule has 176 valence electrons. The van der Waals surface area contributed by atoms with Crippen molar-refractivity contribution >= 4 is 33.3 Å². The molecule has 0 saturated carbocycles. The van der Waals surface area contributed by atoms with Crippen LogP contribution in [0, 0.1) is 16.7 Å². The summed E-state index contributed by atoms with van der Waals surface area (Å²) < 4.78 is 0. The minimum absolute atomic E-state index is 0.0222. The van der Waals surface area contributed by atoms with Gasteiger partial charge in [0.15, 0.2) is 0 Å². The number of anilines is 1. The van der Waals surface area contributed by atoms with Gasteiger partial charge in [0.2, 0.25) is 0 Å². The fourth-order valence-corrected chi connectivity index (χ4v) is 6.32. The smallest absolute Gasteiger partial charge is 0.308 e. The van der Waals surface area contributed by atoms with Crippen LogP contribution in [0.3, 0.4) is 0 Å². The van der Waals surface area contributed by atoms with Crippen molar-refractivity contribution in [3.8, 4) is 6.07 Å². The molecule has 1 atom stereocenters. The van der Waals surface area contributed by atoms with Gasteiger partial charge in [-0.05, 0) is 50.4 Å². The van der Waals surface area contributed by atoms with E-state index in [2.05, 4.69) is 50.1 Å². The van der Waals surface area contributed by atoms with Crippen LogP contribution in [0.5, 0.6) is 0 Å². The summed E-state index contributed by atoms with van der Waals surface area (Å²) in [6.07, 6.45) is 3.93. The highest BCUT2D eigenvalue weighted by Crippen LogP contribution is 2.43. The maximum atomic E-state index is 11.1. The van der Waals surface area contributed by atoms with Gasteiger partial charge >= 0.3 is 5.97 Å². The molecule has 0 amide bonds. The number of likely N-dealkylation sites (tertiary alicyclic amines) is 1. The molecular weight excluding hydrogens is 446 g/mol. The molecule has 2 aliphatic heterocycles. The van der Waals surface area contributed by atoms with Crippen molar-refractivity contribution in [2.24, 2.45) is 5.41 Å². The SMILES string of the molecule is CC(C)(C#N)c1ccc(CN2CCC3(CCN(c4ncnc5sc(CC(=O)O)cc45)C3)C2)cc1. The number of aromatic nitrogens is 2. The summed E-state index contributed by atoms with van der Waals surface area (Å²) in [7, 11) is 0. The standard InChI is InChI=1S/C26H29N5O2S/c1-25(2,14-27)19-5-3-18(4-6-19)13-30-9-7-26(15-30)8-10-31(16-26)23-21-11-20(12-22(32)33)34-24(21)29-17-28-23/h3-6,11,17H,7-10,12-13,15-16H2,1-2H3,(H,32,33). The summed E-state index contributed by atoms with van der Waals surface area (Å²) in [4.78, 5) is 26.7. The number of hydrogen-bond donors (Lipinski definition) is 1. The van der Waals surface area contributed by atoms with Crippen molar-refractivity contribution in [1.29, 1.82) is 5.26 Å². The number of aliphatic carboxylic acids is 1. The first-order valence-electron chi connectivity index (χ1n) is 11.7. The quantitative estimate of drug-likeness (QED) is 0.570. The predicted octanol–water partition coefficient (Wildman–Crippen LogP) is 4.22. The van der Waals surface area contributed by atoms with Gasteiger partial charge in [-0.3, -0.25) is 9.69 Å². The minimum Gasteiger partial charge on any atom is -0.481 e. The van der Waals surface area contributed by atoms with E-state index >= 15 is 0 Å². The summed E-state index contributed by atoms with van der Waals surface area (Å²) in [5.74, 6) is 0.111. The molecule has 2 aromatic heterocycles. The molecule has 1 aromatic carbocycles. The highest BCUT2D eigenvalue weighted by molar-refractivity contribution is 7.18. The molecule has 7 nitrogen and oxygen atoms in total. The van der Waals surface area contributed by atoms with Crippen LogP contribution in [0.1, 0.15) is 42.7 Å². The second kappa shape index (κ2) is 8.64. The van der Waals surface area contributed by atoms with Crippen molar-refractivity contribution in [1.82, 2.24) is 14.9 Å². The Labute approximate surface area is 203 Å². The third kappa shape index (κ3) is 4.38. The molecule has 0 aliphatic carbocycles. The molecule has 8 heteroatoms. The molecule has 34 heavy (non-hydrogen) atoms. The average Bonchev–Trinajstić information content (AvgIpc) is 3.52. The molecule has 1 unspecified atom stereocenters. The topological polar surface area (TPSA) is 93.4 Å². The number of nitriles is 1. The zero-order valence-corrected chi connectivity index (χ0v) is 20.4. The van der Waals surface area contributed by atoms with Crippen molar-refractivity contribution in [2.75, 3.05) is 31.1 Å². The Bertz CT molecular complexity index is 1260. The lowest BCUT2D eigenvalue weighted by molar-refractivity contribution is -0.136. The lowest BCUT2D eigenvalue weighted by atomic mass is 9.86. The van der Waals surface area contributed by atoms with E-state index in [1.54, 1.807) is 6.33 Å². The van der Waals surface area contributed by atoms with E-state index in [0.717, 1.165) is 65.6 Å². The number of carbonyl (C=O) groups is 1. The van der Waals surface area contributed by atoms with E-state index in [1.165, 1.54) is 23.3 Å². The predicted molar refractivity (Wildman–Crippen MR) is 133 cm³/mol. The number of nitrogens with zero attached hydrogens (tertiary/aromatic N) is 5. The number of rotatable bonds is 6. The van der Waals surface area contributed by atoms with Gasteiger partial charge < -0.3 is 10.0 Å². The van der Waals surface area contributed by atoms with E-state index in [-0.39, 0.29) is 11.8 Å². The van der Waals surface area contributed by atoms with Gasteiger partial charge in [0.25, 0.3) is 0 Å². The monoisotopic (exact) mass is 475 g/mol. The fraction of sp³-hybridized carbons (Fsp3) is 0.462. The third-order valence-corrected chi connectivity index (χ3v) is 8.34.